The van der Waals surface area contributed by atoms with E-state index in [1.54, 1.807) is 0 Å². The van der Waals surface area contributed by atoms with Gasteiger partial charge in [0.1, 0.15) is 0 Å². The number of hydrogen-bond acceptors (Lipinski definition) is 3. The van der Waals surface area contributed by atoms with Gasteiger partial charge in [-0.15, -0.1) is 0 Å². The maximum atomic E-state index is 12.0. The van der Waals surface area contributed by atoms with E-state index in [4.69, 9.17) is 10.5 Å². The normalized spacial score (nSPS) is 30.4. The van der Waals surface area contributed by atoms with Crippen molar-refractivity contribution in [2.45, 2.75) is 57.6 Å². The number of nitrogens with two attached hydrogens (primary N) is 1. The summed E-state index contributed by atoms with van der Waals surface area (Å²) in [5.74, 6) is 1.25. The second kappa shape index (κ2) is 5.57. The predicted molar refractivity (Wildman–Crippen MR) is 71.1 cm³/mol. The monoisotopic (exact) mass is 254 g/mol. The summed E-state index contributed by atoms with van der Waals surface area (Å²) in [5, 5.41) is 3.15. The Kier molecular flexibility index (Phi) is 4.28. The first-order valence-electron chi connectivity index (χ1n) is 7.20. The van der Waals surface area contributed by atoms with Crippen molar-refractivity contribution in [1.29, 1.82) is 0 Å². The topological polar surface area (TPSA) is 64.3 Å². The summed E-state index contributed by atoms with van der Waals surface area (Å²) in [6.45, 7) is 5.40. The van der Waals surface area contributed by atoms with Crippen molar-refractivity contribution >= 4 is 5.91 Å². The third kappa shape index (κ3) is 3.23. The van der Waals surface area contributed by atoms with Crippen molar-refractivity contribution in [3.8, 4) is 0 Å². The minimum Gasteiger partial charge on any atom is -0.378 e. The molecule has 3 N–H and O–H groups in total. The van der Waals surface area contributed by atoms with E-state index in [9.17, 15) is 4.79 Å². The summed E-state index contributed by atoms with van der Waals surface area (Å²) in [4.78, 5) is 12.0. The third-order valence-electron chi connectivity index (χ3n) is 4.40. The highest BCUT2D eigenvalue weighted by molar-refractivity contribution is 5.77. The zero-order valence-electron chi connectivity index (χ0n) is 11.6. The highest BCUT2D eigenvalue weighted by atomic mass is 16.5. The zero-order valence-corrected chi connectivity index (χ0v) is 11.6. The SMILES string of the molecule is CCOC1CC(CC(=O)NC(C)(CN)C2CC2)C1. The van der Waals surface area contributed by atoms with Crippen LogP contribution in [0.25, 0.3) is 0 Å². The Bertz CT molecular complexity index is 298. The fourth-order valence-electron chi connectivity index (χ4n) is 2.88. The molecular weight excluding hydrogens is 228 g/mol. The molecule has 2 aliphatic carbocycles. The standard InChI is InChI=1S/C14H26N2O2/c1-3-18-12-6-10(7-12)8-13(17)16-14(2,9-15)11-4-5-11/h10-12H,3-9,15H2,1-2H3,(H,16,17). The molecule has 0 aliphatic heterocycles. The molecule has 0 radical (unpaired) electrons. The molecule has 4 heteroatoms. The van der Waals surface area contributed by atoms with Crippen molar-refractivity contribution < 1.29 is 9.53 Å². The molecule has 0 aromatic heterocycles. The van der Waals surface area contributed by atoms with Crippen LogP contribution in [-0.2, 0) is 9.53 Å². The predicted octanol–water partition coefficient (Wildman–Crippen LogP) is 1.44. The number of ether oxygens (including phenoxy) is 1. The Morgan fingerprint density at radius 3 is 2.61 bits per heavy atom. The summed E-state index contributed by atoms with van der Waals surface area (Å²) in [6, 6.07) is 0. The Balaban J connectivity index is 1.69. The highest BCUT2D eigenvalue weighted by Gasteiger charge is 2.42. The number of amides is 1. The Labute approximate surface area is 110 Å². The Morgan fingerprint density at radius 1 is 1.44 bits per heavy atom. The van der Waals surface area contributed by atoms with Crippen LogP contribution in [0.2, 0.25) is 0 Å². The van der Waals surface area contributed by atoms with E-state index in [2.05, 4.69) is 12.2 Å². The van der Waals surface area contributed by atoms with Gasteiger partial charge in [-0.1, -0.05) is 0 Å². The first-order valence-corrected chi connectivity index (χ1v) is 7.20. The smallest absolute Gasteiger partial charge is 0.220 e. The minimum absolute atomic E-state index is 0.162. The second-order valence-corrected chi connectivity index (χ2v) is 6.06. The molecule has 2 rings (SSSR count). The fraction of sp³-hybridized carbons (Fsp3) is 0.929. The van der Waals surface area contributed by atoms with Crippen LogP contribution in [0.15, 0.2) is 0 Å². The lowest BCUT2D eigenvalue weighted by Crippen LogP contribution is -2.53. The average molecular weight is 254 g/mol. The molecule has 1 atom stereocenters. The van der Waals surface area contributed by atoms with E-state index in [-0.39, 0.29) is 11.4 Å². The molecule has 1 unspecified atom stereocenters. The fourth-order valence-corrected chi connectivity index (χ4v) is 2.88. The van der Waals surface area contributed by atoms with E-state index in [1.165, 1.54) is 12.8 Å². The van der Waals surface area contributed by atoms with Gasteiger partial charge in [0, 0.05) is 19.6 Å². The number of carbonyl (C=O) groups is 1. The van der Waals surface area contributed by atoms with Crippen LogP contribution in [0, 0.1) is 11.8 Å². The molecule has 2 aliphatic rings. The highest BCUT2D eigenvalue weighted by Crippen LogP contribution is 2.39. The minimum atomic E-state index is -0.180. The van der Waals surface area contributed by atoms with E-state index in [0.717, 1.165) is 19.4 Å². The van der Waals surface area contributed by atoms with Crippen LogP contribution in [0.1, 0.15) is 46.0 Å². The summed E-state index contributed by atoms with van der Waals surface area (Å²) in [6.07, 6.45) is 5.48. The number of carbonyl (C=O) groups excluding carboxylic acids is 1. The summed E-state index contributed by atoms with van der Waals surface area (Å²) >= 11 is 0. The quantitative estimate of drug-likeness (QED) is 0.722. The molecule has 4 nitrogen and oxygen atoms in total. The molecule has 0 aromatic rings. The molecule has 0 heterocycles. The van der Waals surface area contributed by atoms with E-state index in [0.29, 0.717) is 30.9 Å². The van der Waals surface area contributed by atoms with Gasteiger partial charge in [0.25, 0.3) is 0 Å². The van der Waals surface area contributed by atoms with E-state index in [1.807, 2.05) is 6.92 Å². The molecule has 0 spiro atoms. The van der Waals surface area contributed by atoms with Gasteiger partial charge < -0.3 is 15.8 Å². The van der Waals surface area contributed by atoms with Gasteiger partial charge in [-0.25, -0.2) is 0 Å². The van der Waals surface area contributed by atoms with Crippen LogP contribution >= 0.6 is 0 Å². The lowest BCUT2D eigenvalue weighted by molar-refractivity contribution is -0.126. The molecular formula is C14H26N2O2. The number of hydrogen-bond donors (Lipinski definition) is 2. The molecule has 104 valence electrons. The van der Waals surface area contributed by atoms with Crippen LogP contribution in [0.4, 0.5) is 0 Å². The lowest BCUT2D eigenvalue weighted by Gasteiger charge is -2.36. The molecule has 1 amide bonds. The zero-order chi connectivity index (χ0) is 13.2. The van der Waals surface area contributed by atoms with Gasteiger partial charge in [-0.2, -0.15) is 0 Å². The van der Waals surface area contributed by atoms with Crippen LogP contribution in [-0.4, -0.2) is 30.7 Å². The third-order valence-corrected chi connectivity index (χ3v) is 4.40. The Hall–Kier alpha value is -0.610. The van der Waals surface area contributed by atoms with E-state index < -0.39 is 0 Å². The lowest BCUT2D eigenvalue weighted by atomic mass is 9.79. The molecule has 2 saturated carbocycles. The van der Waals surface area contributed by atoms with Crippen LogP contribution in [0.5, 0.6) is 0 Å². The van der Waals surface area contributed by atoms with Gasteiger partial charge in [0.05, 0.1) is 11.6 Å². The number of rotatable bonds is 7. The average Bonchev–Trinajstić information content (AvgIpc) is 3.10. The van der Waals surface area contributed by atoms with Crippen molar-refractivity contribution in [3.05, 3.63) is 0 Å². The van der Waals surface area contributed by atoms with E-state index >= 15 is 0 Å². The maximum Gasteiger partial charge on any atom is 0.220 e. The second-order valence-electron chi connectivity index (χ2n) is 6.06. The van der Waals surface area contributed by atoms with Gasteiger partial charge >= 0.3 is 0 Å². The summed E-state index contributed by atoms with van der Waals surface area (Å²) in [7, 11) is 0. The van der Waals surface area contributed by atoms with Gasteiger partial charge in [-0.05, 0) is 51.4 Å². The molecule has 2 fully saturated rings. The molecule has 0 saturated heterocycles. The van der Waals surface area contributed by atoms with Crippen molar-refractivity contribution in [2.75, 3.05) is 13.2 Å². The van der Waals surface area contributed by atoms with Crippen molar-refractivity contribution in [1.82, 2.24) is 5.32 Å². The van der Waals surface area contributed by atoms with Crippen molar-refractivity contribution in [2.24, 2.45) is 17.6 Å². The van der Waals surface area contributed by atoms with Crippen LogP contribution in [0.3, 0.4) is 0 Å². The molecule has 0 aromatic carbocycles. The summed E-state index contributed by atoms with van der Waals surface area (Å²) < 4.78 is 5.51. The van der Waals surface area contributed by atoms with Gasteiger partial charge in [0.2, 0.25) is 5.91 Å². The first-order chi connectivity index (χ1) is 8.57. The number of nitrogens with one attached hydrogen (secondary N) is 1. The molecule has 18 heavy (non-hydrogen) atoms. The maximum absolute atomic E-state index is 12.0. The van der Waals surface area contributed by atoms with Crippen LogP contribution < -0.4 is 11.1 Å². The Morgan fingerprint density at radius 2 is 2.11 bits per heavy atom. The van der Waals surface area contributed by atoms with Gasteiger partial charge in [0.15, 0.2) is 0 Å². The first kappa shape index (κ1) is 13.8. The van der Waals surface area contributed by atoms with Crippen molar-refractivity contribution in [3.63, 3.8) is 0 Å². The van der Waals surface area contributed by atoms with Gasteiger partial charge in [-0.3, -0.25) is 4.79 Å². The molecule has 0 bridgehead atoms. The largest absolute Gasteiger partial charge is 0.378 e. The summed E-state index contributed by atoms with van der Waals surface area (Å²) in [5.41, 5.74) is 5.62.